The molecule has 1 aliphatic rings. The number of carbonyl (C=O) groups is 1. The molecule has 2 N–H and O–H groups in total. The Labute approximate surface area is 114 Å². The fourth-order valence-electron chi connectivity index (χ4n) is 2.42. The average Bonchev–Trinajstić information content (AvgIpc) is 2.47. The van der Waals surface area contributed by atoms with Gasteiger partial charge in [0.25, 0.3) is 0 Å². The molecule has 4 nitrogen and oxygen atoms in total. The van der Waals surface area contributed by atoms with Crippen LogP contribution in [-0.2, 0) is 11.2 Å². The van der Waals surface area contributed by atoms with Gasteiger partial charge in [-0.1, -0.05) is 24.6 Å². The molecule has 104 valence electrons. The highest BCUT2D eigenvalue weighted by atomic mass is 16.5. The van der Waals surface area contributed by atoms with E-state index in [9.17, 15) is 4.79 Å². The van der Waals surface area contributed by atoms with Gasteiger partial charge in [0.1, 0.15) is 5.75 Å². The summed E-state index contributed by atoms with van der Waals surface area (Å²) in [5, 5.41) is 6.42. The van der Waals surface area contributed by atoms with E-state index in [1.54, 1.807) is 7.11 Å². The van der Waals surface area contributed by atoms with Crippen LogP contribution in [0.15, 0.2) is 24.3 Å². The Morgan fingerprint density at radius 2 is 2.26 bits per heavy atom. The number of hydrogen-bond acceptors (Lipinski definition) is 3. The molecule has 1 aliphatic heterocycles. The molecule has 0 aromatic heterocycles. The molecule has 1 aromatic carbocycles. The van der Waals surface area contributed by atoms with Crippen molar-refractivity contribution < 1.29 is 9.53 Å². The lowest BCUT2D eigenvalue weighted by atomic mass is 10.0. The number of amides is 1. The normalized spacial score (nSPS) is 18.9. The first-order valence-electron chi connectivity index (χ1n) is 6.91. The lowest BCUT2D eigenvalue weighted by Crippen LogP contribution is -2.43. The van der Waals surface area contributed by atoms with Gasteiger partial charge in [-0.15, -0.1) is 0 Å². The van der Waals surface area contributed by atoms with Crippen molar-refractivity contribution in [3.05, 3.63) is 29.8 Å². The number of ether oxygens (including phenoxy) is 1. The Bertz CT molecular complexity index is 414. The molecule has 1 atom stereocenters. The first-order valence-corrected chi connectivity index (χ1v) is 6.91. The monoisotopic (exact) mass is 262 g/mol. The van der Waals surface area contributed by atoms with Crippen LogP contribution >= 0.6 is 0 Å². The molecule has 1 fully saturated rings. The lowest BCUT2D eigenvalue weighted by molar-refractivity contribution is -0.120. The molecule has 19 heavy (non-hydrogen) atoms. The molecule has 1 heterocycles. The Hall–Kier alpha value is -1.55. The largest absolute Gasteiger partial charge is 0.496 e. The van der Waals surface area contributed by atoms with Gasteiger partial charge >= 0.3 is 0 Å². The summed E-state index contributed by atoms with van der Waals surface area (Å²) in [6, 6.07) is 8.07. The summed E-state index contributed by atoms with van der Waals surface area (Å²) in [6.45, 7) is 1.78. The number of hydrogen-bond donors (Lipinski definition) is 2. The third kappa shape index (κ3) is 4.24. The minimum Gasteiger partial charge on any atom is -0.496 e. The van der Waals surface area contributed by atoms with Gasteiger partial charge in [-0.2, -0.15) is 0 Å². The van der Waals surface area contributed by atoms with E-state index in [2.05, 4.69) is 10.6 Å². The highest BCUT2D eigenvalue weighted by molar-refractivity contribution is 5.79. The van der Waals surface area contributed by atoms with E-state index in [0.29, 0.717) is 19.0 Å². The van der Waals surface area contributed by atoms with E-state index < -0.39 is 0 Å². The number of methoxy groups -OCH3 is 1. The van der Waals surface area contributed by atoms with E-state index in [4.69, 9.17) is 4.74 Å². The zero-order valence-corrected chi connectivity index (χ0v) is 11.4. The predicted molar refractivity (Wildman–Crippen MR) is 75.3 cm³/mol. The second-order valence-corrected chi connectivity index (χ2v) is 4.94. The molecule has 0 spiro atoms. The Morgan fingerprint density at radius 3 is 3.00 bits per heavy atom. The van der Waals surface area contributed by atoms with Crippen LogP contribution in [0.5, 0.6) is 5.75 Å². The molecule has 0 radical (unpaired) electrons. The Morgan fingerprint density at radius 1 is 1.42 bits per heavy atom. The number of carbonyl (C=O) groups excluding carboxylic acids is 1. The molecule has 1 saturated heterocycles. The number of para-hydroxylation sites is 1. The van der Waals surface area contributed by atoms with Gasteiger partial charge in [0.2, 0.25) is 5.91 Å². The standard InChI is InChI=1S/C15H22N2O2/c1-19-14-8-3-2-6-12(14)10-15(18)17-11-13-7-4-5-9-16-13/h2-3,6,8,13,16H,4-5,7,9-11H2,1H3,(H,17,18). The first-order chi connectivity index (χ1) is 9.29. The van der Waals surface area contributed by atoms with Crippen LogP contribution in [0.3, 0.4) is 0 Å². The van der Waals surface area contributed by atoms with E-state index in [0.717, 1.165) is 24.3 Å². The zero-order chi connectivity index (χ0) is 13.5. The van der Waals surface area contributed by atoms with E-state index in [1.165, 1.54) is 12.8 Å². The van der Waals surface area contributed by atoms with Gasteiger partial charge in [-0.3, -0.25) is 4.79 Å². The predicted octanol–water partition coefficient (Wildman–Crippen LogP) is 1.50. The number of rotatable bonds is 5. The molecule has 1 amide bonds. The highest BCUT2D eigenvalue weighted by Gasteiger charge is 2.14. The number of piperidine rings is 1. The van der Waals surface area contributed by atoms with Crippen LogP contribution in [0.2, 0.25) is 0 Å². The minimum atomic E-state index is 0.0527. The summed E-state index contributed by atoms with van der Waals surface area (Å²) < 4.78 is 5.25. The molecule has 0 aliphatic carbocycles. The fourth-order valence-corrected chi connectivity index (χ4v) is 2.42. The summed E-state index contributed by atoms with van der Waals surface area (Å²) in [7, 11) is 1.63. The molecule has 4 heteroatoms. The van der Waals surface area contributed by atoms with Crippen LogP contribution in [0.25, 0.3) is 0 Å². The smallest absolute Gasteiger partial charge is 0.224 e. The van der Waals surface area contributed by atoms with Crippen molar-refractivity contribution in [1.82, 2.24) is 10.6 Å². The van der Waals surface area contributed by atoms with Crippen LogP contribution in [-0.4, -0.2) is 32.1 Å². The van der Waals surface area contributed by atoms with Crippen LogP contribution in [0.1, 0.15) is 24.8 Å². The van der Waals surface area contributed by atoms with Crippen LogP contribution < -0.4 is 15.4 Å². The summed E-state index contributed by atoms with van der Waals surface area (Å²) in [6.07, 6.45) is 4.01. The SMILES string of the molecule is COc1ccccc1CC(=O)NCC1CCCCN1. The van der Waals surface area contributed by atoms with Gasteiger partial charge in [0.05, 0.1) is 13.5 Å². The second kappa shape index (κ2) is 7.14. The molecule has 1 aromatic rings. The van der Waals surface area contributed by atoms with Gasteiger partial charge in [0, 0.05) is 18.2 Å². The lowest BCUT2D eigenvalue weighted by Gasteiger charge is -2.23. The quantitative estimate of drug-likeness (QED) is 0.845. The van der Waals surface area contributed by atoms with Crippen LogP contribution in [0, 0.1) is 0 Å². The van der Waals surface area contributed by atoms with Crippen molar-refractivity contribution in [3.8, 4) is 5.75 Å². The summed E-state index contributed by atoms with van der Waals surface area (Å²) in [5.41, 5.74) is 0.930. The van der Waals surface area contributed by atoms with Crippen LogP contribution in [0.4, 0.5) is 0 Å². The maximum atomic E-state index is 11.9. The van der Waals surface area contributed by atoms with Gasteiger partial charge in [0.15, 0.2) is 0 Å². The average molecular weight is 262 g/mol. The second-order valence-electron chi connectivity index (χ2n) is 4.94. The van der Waals surface area contributed by atoms with Crippen molar-refractivity contribution >= 4 is 5.91 Å². The fraction of sp³-hybridized carbons (Fsp3) is 0.533. The van der Waals surface area contributed by atoms with Crippen molar-refractivity contribution in [1.29, 1.82) is 0 Å². The van der Waals surface area contributed by atoms with Gasteiger partial charge < -0.3 is 15.4 Å². The molecular formula is C15H22N2O2. The summed E-state index contributed by atoms with van der Waals surface area (Å²) in [4.78, 5) is 11.9. The van der Waals surface area contributed by atoms with E-state index >= 15 is 0 Å². The summed E-state index contributed by atoms with van der Waals surface area (Å²) >= 11 is 0. The topological polar surface area (TPSA) is 50.4 Å². The molecule has 0 saturated carbocycles. The number of benzene rings is 1. The molecule has 1 unspecified atom stereocenters. The maximum Gasteiger partial charge on any atom is 0.224 e. The number of nitrogens with one attached hydrogen (secondary N) is 2. The van der Waals surface area contributed by atoms with Crippen molar-refractivity contribution in [2.24, 2.45) is 0 Å². The first kappa shape index (κ1) is 13.9. The molecule has 2 rings (SSSR count). The minimum absolute atomic E-state index is 0.0527. The third-order valence-electron chi connectivity index (χ3n) is 3.50. The molecule has 0 bridgehead atoms. The van der Waals surface area contributed by atoms with Gasteiger partial charge in [-0.05, 0) is 25.5 Å². The van der Waals surface area contributed by atoms with Crippen molar-refractivity contribution in [2.75, 3.05) is 20.2 Å². The van der Waals surface area contributed by atoms with E-state index in [1.807, 2.05) is 24.3 Å². The highest BCUT2D eigenvalue weighted by Crippen LogP contribution is 2.17. The Kier molecular flexibility index (Phi) is 5.21. The zero-order valence-electron chi connectivity index (χ0n) is 11.4. The van der Waals surface area contributed by atoms with E-state index in [-0.39, 0.29) is 5.91 Å². The van der Waals surface area contributed by atoms with Crippen molar-refractivity contribution in [3.63, 3.8) is 0 Å². The van der Waals surface area contributed by atoms with Gasteiger partial charge in [-0.25, -0.2) is 0 Å². The summed E-state index contributed by atoms with van der Waals surface area (Å²) in [5.74, 6) is 0.824. The maximum absolute atomic E-state index is 11.9. The van der Waals surface area contributed by atoms with Crippen molar-refractivity contribution in [2.45, 2.75) is 31.7 Å². The third-order valence-corrected chi connectivity index (χ3v) is 3.50. The Balaban J connectivity index is 1.80. The molecular weight excluding hydrogens is 240 g/mol.